The van der Waals surface area contributed by atoms with Gasteiger partial charge in [0, 0.05) is 12.1 Å². The van der Waals surface area contributed by atoms with Gasteiger partial charge in [0.25, 0.3) is 5.91 Å². The van der Waals surface area contributed by atoms with E-state index in [9.17, 15) is 18.3 Å². The van der Waals surface area contributed by atoms with Crippen LogP contribution in [0.15, 0.2) is 18.2 Å². The summed E-state index contributed by atoms with van der Waals surface area (Å²) in [5.41, 5.74) is 0.309. The molecule has 1 heterocycles. The highest BCUT2D eigenvalue weighted by molar-refractivity contribution is 7.91. The Balaban J connectivity index is 1.94. The minimum Gasteiger partial charge on any atom is -0.504 e. The molecule has 1 aromatic carbocycles. The van der Waals surface area contributed by atoms with Crippen LogP contribution >= 0.6 is 0 Å². The number of amides is 1. The van der Waals surface area contributed by atoms with Gasteiger partial charge in [0.05, 0.1) is 18.6 Å². The Morgan fingerprint density at radius 1 is 1.50 bits per heavy atom. The van der Waals surface area contributed by atoms with Crippen molar-refractivity contribution in [3.05, 3.63) is 23.8 Å². The van der Waals surface area contributed by atoms with Crippen LogP contribution in [0, 0.1) is 5.92 Å². The number of hydrogen-bond acceptors (Lipinski definition) is 5. The zero-order valence-electron chi connectivity index (χ0n) is 11.1. The van der Waals surface area contributed by atoms with Crippen molar-refractivity contribution < 1.29 is 23.1 Å². The Bertz CT molecular complexity index is 611. The molecule has 0 aliphatic carbocycles. The number of aromatic hydroxyl groups is 1. The standard InChI is InChI=1S/C13H17NO5S/c1-19-12-3-2-10(6-11(12)15)13(16)14-7-9-4-5-20(17,18)8-9/h2-3,6,9,15H,4-5,7-8H2,1H3,(H,14,16). The monoisotopic (exact) mass is 299 g/mol. The quantitative estimate of drug-likeness (QED) is 0.847. The first-order valence-electron chi connectivity index (χ1n) is 6.27. The number of sulfone groups is 1. The molecule has 7 heteroatoms. The topological polar surface area (TPSA) is 92.7 Å². The van der Waals surface area contributed by atoms with Crippen molar-refractivity contribution in [1.82, 2.24) is 5.32 Å². The van der Waals surface area contributed by atoms with E-state index in [0.717, 1.165) is 0 Å². The first-order chi connectivity index (χ1) is 9.41. The minimum atomic E-state index is -2.93. The lowest BCUT2D eigenvalue weighted by atomic mass is 10.1. The molecule has 0 aromatic heterocycles. The highest BCUT2D eigenvalue weighted by Crippen LogP contribution is 2.26. The van der Waals surface area contributed by atoms with E-state index < -0.39 is 9.84 Å². The first kappa shape index (κ1) is 14.6. The smallest absolute Gasteiger partial charge is 0.251 e. The fourth-order valence-corrected chi connectivity index (χ4v) is 4.07. The number of carbonyl (C=O) groups excluding carboxylic acids is 1. The molecule has 1 atom stereocenters. The summed E-state index contributed by atoms with van der Waals surface area (Å²) in [5, 5.41) is 12.3. The molecule has 1 unspecified atom stereocenters. The van der Waals surface area contributed by atoms with E-state index in [1.165, 1.54) is 19.2 Å². The molecule has 1 amide bonds. The van der Waals surface area contributed by atoms with Gasteiger partial charge in [-0.1, -0.05) is 0 Å². The molecule has 20 heavy (non-hydrogen) atoms. The van der Waals surface area contributed by atoms with E-state index in [2.05, 4.69) is 5.32 Å². The fourth-order valence-electron chi connectivity index (χ4n) is 2.20. The van der Waals surface area contributed by atoms with Crippen LogP contribution in [0.5, 0.6) is 11.5 Å². The van der Waals surface area contributed by atoms with Gasteiger partial charge in [0.2, 0.25) is 0 Å². The van der Waals surface area contributed by atoms with Crippen LogP contribution in [-0.2, 0) is 9.84 Å². The summed E-state index contributed by atoms with van der Waals surface area (Å²) in [5.74, 6) is 0.132. The molecular formula is C13H17NO5S. The van der Waals surface area contributed by atoms with Gasteiger partial charge in [0.15, 0.2) is 21.3 Å². The molecule has 6 nitrogen and oxygen atoms in total. The SMILES string of the molecule is COc1ccc(C(=O)NCC2CCS(=O)(=O)C2)cc1O. The summed E-state index contributed by atoms with van der Waals surface area (Å²) in [6.07, 6.45) is 0.580. The second kappa shape index (κ2) is 5.70. The Morgan fingerprint density at radius 2 is 2.25 bits per heavy atom. The van der Waals surface area contributed by atoms with Crippen molar-refractivity contribution in [3.63, 3.8) is 0 Å². The second-order valence-corrected chi connectivity index (χ2v) is 7.09. The summed E-state index contributed by atoms with van der Waals surface area (Å²) in [6.45, 7) is 0.324. The van der Waals surface area contributed by atoms with Crippen LogP contribution in [-0.4, -0.2) is 44.6 Å². The van der Waals surface area contributed by atoms with Gasteiger partial charge in [-0.05, 0) is 30.5 Å². The third-order valence-corrected chi connectivity index (χ3v) is 5.16. The largest absolute Gasteiger partial charge is 0.504 e. The third-order valence-electron chi connectivity index (χ3n) is 3.32. The van der Waals surface area contributed by atoms with E-state index in [0.29, 0.717) is 24.3 Å². The molecular weight excluding hydrogens is 282 g/mol. The average molecular weight is 299 g/mol. The molecule has 0 bridgehead atoms. The molecule has 110 valence electrons. The van der Waals surface area contributed by atoms with Crippen LogP contribution in [0.3, 0.4) is 0 Å². The minimum absolute atomic E-state index is 0.0317. The van der Waals surface area contributed by atoms with Crippen molar-refractivity contribution in [2.45, 2.75) is 6.42 Å². The highest BCUT2D eigenvalue weighted by Gasteiger charge is 2.28. The maximum Gasteiger partial charge on any atom is 0.251 e. The van der Waals surface area contributed by atoms with Crippen molar-refractivity contribution in [2.75, 3.05) is 25.2 Å². The molecule has 0 spiro atoms. The van der Waals surface area contributed by atoms with Gasteiger partial charge in [-0.25, -0.2) is 8.42 Å². The van der Waals surface area contributed by atoms with Crippen LogP contribution in [0.25, 0.3) is 0 Å². The lowest BCUT2D eigenvalue weighted by molar-refractivity contribution is 0.0948. The van der Waals surface area contributed by atoms with E-state index in [4.69, 9.17) is 4.74 Å². The van der Waals surface area contributed by atoms with Crippen LogP contribution < -0.4 is 10.1 Å². The highest BCUT2D eigenvalue weighted by atomic mass is 32.2. The Hall–Kier alpha value is -1.76. The summed E-state index contributed by atoms with van der Waals surface area (Å²) in [6, 6.07) is 4.36. The number of carbonyl (C=O) groups is 1. The van der Waals surface area contributed by atoms with Gasteiger partial charge in [-0.15, -0.1) is 0 Å². The molecule has 2 N–H and O–H groups in total. The molecule has 1 aromatic rings. The van der Waals surface area contributed by atoms with Gasteiger partial charge in [-0.2, -0.15) is 0 Å². The van der Waals surface area contributed by atoms with Gasteiger partial charge in [0.1, 0.15) is 0 Å². The Labute approximate surface area is 117 Å². The predicted octanol–water partition coefficient (Wildman–Crippen LogP) is 0.565. The average Bonchev–Trinajstić information content (AvgIpc) is 2.75. The number of methoxy groups -OCH3 is 1. The van der Waals surface area contributed by atoms with Gasteiger partial charge in [-0.3, -0.25) is 4.79 Å². The van der Waals surface area contributed by atoms with E-state index >= 15 is 0 Å². The summed E-state index contributed by atoms with van der Waals surface area (Å²) >= 11 is 0. The molecule has 0 radical (unpaired) electrons. The third kappa shape index (κ3) is 3.41. The number of rotatable bonds is 4. The van der Waals surface area contributed by atoms with Crippen molar-refractivity contribution in [2.24, 2.45) is 5.92 Å². The number of ether oxygens (including phenoxy) is 1. The number of phenolic OH excluding ortho intramolecular Hbond substituents is 1. The lowest BCUT2D eigenvalue weighted by Gasteiger charge is -2.10. The number of phenols is 1. The molecule has 1 aliphatic rings. The van der Waals surface area contributed by atoms with Crippen molar-refractivity contribution in [1.29, 1.82) is 0 Å². The Kier molecular flexibility index (Phi) is 4.17. The second-order valence-electron chi connectivity index (χ2n) is 4.87. The van der Waals surface area contributed by atoms with Crippen LogP contribution in [0.2, 0.25) is 0 Å². The van der Waals surface area contributed by atoms with E-state index in [1.54, 1.807) is 6.07 Å². The molecule has 2 rings (SSSR count). The maximum atomic E-state index is 11.9. The zero-order valence-corrected chi connectivity index (χ0v) is 11.9. The first-order valence-corrected chi connectivity index (χ1v) is 8.09. The maximum absolute atomic E-state index is 11.9. The van der Waals surface area contributed by atoms with Gasteiger partial charge >= 0.3 is 0 Å². The summed E-state index contributed by atoms with van der Waals surface area (Å²) in [7, 11) is -1.51. The molecule has 1 aliphatic heterocycles. The molecule has 1 fully saturated rings. The fraction of sp³-hybridized carbons (Fsp3) is 0.462. The predicted molar refractivity (Wildman–Crippen MR) is 73.8 cm³/mol. The van der Waals surface area contributed by atoms with Crippen molar-refractivity contribution >= 4 is 15.7 Å². The van der Waals surface area contributed by atoms with Crippen LogP contribution in [0.4, 0.5) is 0 Å². The lowest BCUT2D eigenvalue weighted by Crippen LogP contribution is -2.29. The van der Waals surface area contributed by atoms with Crippen molar-refractivity contribution in [3.8, 4) is 11.5 Å². The molecule has 0 saturated carbocycles. The van der Waals surface area contributed by atoms with E-state index in [1.807, 2.05) is 0 Å². The van der Waals surface area contributed by atoms with Crippen LogP contribution in [0.1, 0.15) is 16.8 Å². The number of hydrogen-bond donors (Lipinski definition) is 2. The zero-order chi connectivity index (χ0) is 14.8. The van der Waals surface area contributed by atoms with E-state index in [-0.39, 0.29) is 29.1 Å². The normalized spacial score (nSPS) is 20.6. The number of nitrogens with one attached hydrogen (secondary N) is 1. The molecule has 1 saturated heterocycles. The summed E-state index contributed by atoms with van der Waals surface area (Å²) in [4.78, 5) is 11.9. The Morgan fingerprint density at radius 3 is 2.80 bits per heavy atom. The number of benzene rings is 1. The van der Waals surface area contributed by atoms with Gasteiger partial charge < -0.3 is 15.2 Å². The summed E-state index contributed by atoms with van der Waals surface area (Å²) < 4.78 is 27.5.